The zero-order chi connectivity index (χ0) is 18.8. The van der Waals surface area contributed by atoms with Gasteiger partial charge in [-0.05, 0) is 72.6 Å². The van der Waals surface area contributed by atoms with Crippen molar-refractivity contribution >= 4 is 12.0 Å². The Morgan fingerprint density at radius 2 is 1.81 bits per heavy atom. The molecule has 1 N–H and O–H groups in total. The molecule has 0 bridgehead atoms. The smallest absolute Gasteiger partial charge is 0.123 e. The van der Waals surface area contributed by atoms with Crippen molar-refractivity contribution in [3.63, 3.8) is 0 Å². The summed E-state index contributed by atoms with van der Waals surface area (Å²) in [6.07, 6.45) is 6.45. The number of aromatic hydroxyl groups is 1. The number of anilines is 1. The molecule has 1 aliphatic heterocycles. The summed E-state index contributed by atoms with van der Waals surface area (Å²) in [6.45, 7) is 4.21. The molecule has 2 atom stereocenters. The molecule has 1 aliphatic carbocycles. The molecule has 4 rings (SSSR count). The first-order valence-corrected chi connectivity index (χ1v) is 10.3. The Balaban J connectivity index is 1.58. The first-order chi connectivity index (χ1) is 13.2. The zero-order valence-corrected chi connectivity index (χ0v) is 16.1. The Morgan fingerprint density at radius 1 is 1.07 bits per heavy atom. The molecule has 142 valence electrons. The molecule has 1 saturated heterocycles. The second-order valence-corrected chi connectivity index (χ2v) is 8.12. The van der Waals surface area contributed by atoms with Crippen LogP contribution in [0.15, 0.2) is 42.5 Å². The van der Waals surface area contributed by atoms with E-state index in [4.69, 9.17) is 0 Å². The van der Waals surface area contributed by atoms with Gasteiger partial charge in [0.2, 0.25) is 0 Å². The van der Waals surface area contributed by atoms with Gasteiger partial charge in [-0.1, -0.05) is 31.5 Å². The summed E-state index contributed by atoms with van der Waals surface area (Å²) >= 11 is 0. The molecule has 0 radical (unpaired) electrons. The van der Waals surface area contributed by atoms with Gasteiger partial charge in [-0.25, -0.2) is 0 Å². The maximum Gasteiger partial charge on any atom is 0.123 e. The third-order valence-electron chi connectivity index (χ3n) is 6.59. The van der Waals surface area contributed by atoms with Crippen molar-refractivity contribution in [2.75, 3.05) is 18.0 Å². The molecule has 27 heavy (non-hydrogen) atoms. The molecule has 3 nitrogen and oxygen atoms in total. The highest BCUT2D eigenvalue weighted by Gasteiger charge is 2.30. The van der Waals surface area contributed by atoms with E-state index in [1.54, 1.807) is 0 Å². The van der Waals surface area contributed by atoms with Crippen LogP contribution in [0.1, 0.15) is 55.2 Å². The van der Waals surface area contributed by atoms with Crippen LogP contribution in [0.25, 0.3) is 0 Å². The summed E-state index contributed by atoms with van der Waals surface area (Å²) in [5.74, 6) is 1.67. The van der Waals surface area contributed by atoms with Crippen LogP contribution in [0.3, 0.4) is 0 Å². The molecule has 3 heteroatoms. The Morgan fingerprint density at radius 3 is 2.48 bits per heavy atom. The van der Waals surface area contributed by atoms with E-state index >= 15 is 0 Å². The third-order valence-corrected chi connectivity index (χ3v) is 6.59. The van der Waals surface area contributed by atoms with Gasteiger partial charge in [-0.2, -0.15) is 0 Å². The second-order valence-electron chi connectivity index (χ2n) is 8.12. The molecular weight excluding hydrogens is 334 g/mol. The number of aryl methyl sites for hydroxylation is 1. The number of hydrogen-bond donors (Lipinski definition) is 1. The lowest BCUT2D eigenvalue weighted by Crippen LogP contribution is -2.34. The van der Waals surface area contributed by atoms with Crippen molar-refractivity contribution in [2.45, 2.75) is 44.9 Å². The van der Waals surface area contributed by atoms with E-state index in [2.05, 4.69) is 42.2 Å². The molecule has 2 aromatic rings. The molecule has 0 amide bonds. The summed E-state index contributed by atoms with van der Waals surface area (Å²) in [5, 5.41) is 9.86. The first kappa shape index (κ1) is 18.1. The highest BCUT2D eigenvalue weighted by atomic mass is 16.3. The lowest BCUT2D eigenvalue weighted by Gasteiger charge is -2.35. The van der Waals surface area contributed by atoms with Crippen molar-refractivity contribution in [1.82, 2.24) is 0 Å². The van der Waals surface area contributed by atoms with E-state index in [9.17, 15) is 9.90 Å². The maximum atomic E-state index is 11.0. The number of phenolic OH excluding ortho intramolecular Hbond substituents is 1. The minimum absolute atomic E-state index is 0.237. The van der Waals surface area contributed by atoms with E-state index in [0.29, 0.717) is 17.6 Å². The van der Waals surface area contributed by atoms with Gasteiger partial charge in [-0.3, -0.25) is 0 Å². The number of piperidine rings is 1. The van der Waals surface area contributed by atoms with E-state index in [0.717, 1.165) is 38.6 Å². The predicted molar refractivity (Wildman–Crippen MR) is 109 cm³/mol. The number of phenols is 1. The highest BCUT2D eigenvalue weighted by Crippen LogP contribution is 2.43. The van der Waals surface area contributed by atoms with Gasteiger partial charge in [0.25, 0.3) is 0 Å². The van der Waals surface area contributed by atoms with Crippen LogP contribution in [0.4, 0.5) is 5.69 Å². The number of nitrogens with zero attached hydrogens (tertiary/aromatic N) is 1. The quantitative estimate of drug-likeness (QED) is 0.785. The lowest BCUT2D eigenvalue weighted by molar-refractivity contribution is -0.111. The van der Waals surface area contributed by atoms with E-state index < -0.39 is 0 Å². The van der Waals surface area contributed by atoms with Crippen molar-refractivity contribution < 1.29 is 9.90 Å². The Kier molecular flexibility index (Phi) is 5.20. The van der Waals surface area contributed by atoms with E-state index in [1.807, 2.05) is 12.1 Å². The average Bonchev–Trinajstić information content (AvgIpc) is 2.73. The Bertz CT molecular complexity index is 791. The molecule has 0 spiro atoms. The van der Waals surface area contributed by atoms with Crippen LogP contribution in [0, 0.1) is 11.8 Å². The number of fused-ring (bicyclic) bond motifs is 1. The Hall–Kier alpha value is -2.29. The fourth-order valence-electron chi connectivity index (χ4n) is 4.95. The van der Waals surface area contributed by atoms with Gasteiger partial charge < -0.3 is 14.8 Å². The topological polar surface area (TPSA) is 40.5 Å². The number of aldehydes is 1. The molecule has 0 unspecified atom stereocenters. The number of carbonyl (C=O) groups excluding carboxylic acids is 1. The fraction of sp³-hybridized carbons (Fsp3) is 0.458. The highest BCUT2D eigenvalue weighted by molar-refractivity contribution is 5.56. The van der Waals surface area contributed by atoms with Crippen LogP contribution >= 0.6 is 0 Å². The molecule has 0 aromatic heterocycles. The Labute approximate surface area is 162 Å². The molecule has 2 aliphatic rings. The minimum atomic E-state index is 0.237. The monoisotopic (exact) mass is 363 g/mol. The summed E-state index contributed by atoms with van der Waals surface area (Å²) in [7, 11) is 0. The summed E-state index contributed by atoms with van der Waals surface area (Å²) in [5.41, 5.74) is 5.31. The third kappa shape index (κ3) is 3.60. The van der Waals surface area contributed by atoms with Crippen molar-refractivity contribution in [2.24, 2.45) is 11.8 Å². The molecule has 0 saturated carbocycles. The minimum Gasteiger partial charge on any atom is -0.508 e. The fourth-order valence-corrected chi connectivity index (χ4v) is 4.95. The summed E-state index contributed by atoms with van der Waals surface area (Å²) in [4.78, 5) is 13.4. The van der Waals surface area contributed by atoms with Gasteiger partial charge in [0, 0.05) is 30.6 Å². The number of rotatable bonds is 4. The summed E-state index contributed by atoms with van der Waals surface area (Å²) in [6, 6.07) is 15.0. The van der Waals surface area contributed by atoms with Crippen molar-refractivity contribution in [1.29, 1.82) is 0 Å². The summed E-state index contributed by atoms with van der Waals surface area (Å²) < 4.78 is 0. The normalized spacial score (nSPS) is 23.1. The van der Waals surface area contributed by atoms with Gasteiger partial charge in [-0.15, -0.1) is 0 Å². The second kappa shape index (κ2) is 7.75. The SMILES string of the molecule is CC[C@H]1CCc2cc(O)ccc2[C@H]1c1ccc(N2CCC(C=O)CC2)cc1. The number of hydrogen-bond acceptors (Lipinski definition) is 3. The van der Waals surface area contributed by atoms with Crippen LogP contribution < -0.4 is 4.90 Å². The predicted octanol–water partition coefficient (Wildman–Crippen LogP) is 4.91. The van der Waals surface area contributed by atoms with Gasteiger partial charge in [0.15, 0.2) is 0 Å². The van der Waals surface area contributed by atoms with E-state index in [1.165, 1.54) is 35.2 Å². The van der Waals surface area contributed by atoms with Crippen LogP contribution in [-0.2, 0) is 11.2 Å². The number of benzene rings is 2. The molecular formula is C24H29NO2. The van der Waals surface area contributed by atoms with Crippen molar-refractivity contribution in [3.8, 4) is 5.75 Å². The van der Waals surface area contributed by atoms with Crippen LogP contribution in [-0.4, -0.2) is 24.5 Å². The molecule has 1 heterocycles. The van der Waals surface area contributed by atoms with Crippen molar-refractivity contribution in [3.05, 3.63) is 59.2 Å². The van der Waals surface area contributed by atoms with Crippen LogP contribution in [0.2, 0.25) is 0 Å². The molecule has 1 fully saturated rings. The number of carbonyl (C=O) groups is 1. The van der Waals surface area contributed by atoms with Crippen LogP contribution in [0.5, 0.6) is 5.75 Å². The van der Waals surface area contributed by atoms with Gasteiger partial charge in [0.1, 0.15) is 12.0 Å². The zero-order valence-electron chi connectivity index (χ0n) is 16.1. The van der Waals surface area contributed by atoms with Gasteiger partial charge in [0.05, 0.1) is 0 Å². The average molecular weight is 364 g/mol. The largest absolute Gasteiger partial charge is 0.508 e. The van der Waals surface area contributed by atoms with Gasteiger partial charge >= 0.3 is 0 Å². The van der Waals surface area contributed by atoms with E-state index in [-0.39, 0.29) is 5.92 Å². The maximum absolute atomic E-state index is 11.0. The molecule has 2 aromatic carbocycles. The first-order valence-electron chi connectivity index (χ1n) is 10.3. The lowest BCUT2D eigenvalue weighted by atomic mass is 9.71. The standard InChI is InChI=1S/C24H29NO2/c1-2-18-3-4-20-15-22(27)9-10-23(20)24(18)19-5-7-21(8-6-19)25-13-11-17(16-26)12-14-25/h5-10,15-18,24,27H,2-4,11-14H2,1H3/t18-,24+/m0/s1.